The average molecular weight is 403 g/mol. The zero-order valence-electron chi connectivity index (χ0n) is 14.4. The van der Waals surface area contributed by atoms with Crippen molar-refractivity contribution in [2.45, 2.75) is 19.3 Å². The number of hydrogen-bond donors (Lipinski definition) is 0. The van der Waals surface area contributed by atoms with Crippen LogP contribution in [0.4, 0.5) is 0 Å². The fourth-order valence-electron chi connectivity index (χ4n) is 3.04. The van der Waals surface area contributed by atoms with Crippen LogP contribution in [0, 0.1) is 11.3 Å². The van der Waals surface area contributed by atoms with E-state index in [-0.39, 0.29) is 0 Å². The summed E-state index contributed by atoms with van der Waals surface area (Å²) >= 11 is 3.54. The second kappa shape index (κ2) is 6.15. The molecule has 2 heterocycles. The Hall–Kier alpha value is -2.84. The topological polar surface area (TPSA) is 62.5 Å². The zero-order chi connectivity index (χ0) is 18.3. The lowest BCUT2D eigenvalue weighted by Gasteiger charge is -2.16. The lowest BCUT2D eigenvalue weighted by molar-refractivity contribution is 0.687. The number of benzene rings is 2. The van der Waals surface area contributed by atoms with Crippen LogP contribution < -0.4 is 0 Å². The third kappa shape index (κ3) is 2.73. The highest BCUT2D eigenvalue weighted by Crippen LogP contribution is 2.33. The summed E-state index contributed by atoms with van der Waals surface area (Å²) < 4.78 is 0.986. The SMILES string of the molecule is CC(C)(C#N)c1ccc(-c2ncnc3cnc4ccc(Br)cc4c23)cc1. The van der Waals surface area contributed by atoms with Crippen molar-refractivity contribution in [3.63, 3.8) is 0 Å². The number of nitriles is 1. The summed E-state index contributed by atoms with van der Waals surface area (Å²) in [7, 11) is 0. The van der Waals surface area contributed by atoms with Gasteiger partial charge in [0.25, 0.3) is 0 Å². The van der Waals surface area contributed by atoms with Gasteiger partial charge in [-0.15, -0.1) is 0 Å². The molecule has 0 bridgehead atoms. The van der Waals surface area contributed by atoms with Crippen molar-refractivity contribution in [1.29, 1.82) is 5.26 Å². The Morgan fingerprint density at radius 1 is 0.962 bits per heavy atom. The first-order valence-corrected chi connectivity index (χ1v) is 9.00. The number of pyridine rings is 1. The van der Waals surface area contributed by atoms with Crippen molar-refractivity contribution in [2.24, 2.45) is 0 Å². The number of nitrogens with zero attached hydrogens (tertiary/aromatic N) is 4. The molecule has 0 saturated carbocycles. The predicted molar refractivity (Wildman–Crippen MR) is 107 cm³/mol. The molecule has 0 aliphatic carbocycles. The van der Waals surface area contributed by atoms with Gasteiger partial charge in [0.15, 0.2) is 0 Å². The number of rotatable bonds is 2. The summed E-state index contributed by atoms with van der Waals surface area (Å²) in [4.78, 5) is 13.4. The molecule has 0 spiro atoms. The van der Waals surface area contributed by atoms with Gasteiger partial charge in [0, 0.05) is 20.8 Å². The largest absolute Gasteiger partial charge is 0.254 e. The maximum atomic E-state index is 9.34. The van der Waals surface area contributed by atoms with E-state index in [9.17, 15) is 5.26 Å². The van der Waals surface area contributed by atoms with Gasteiger partial charge in [-0.25, -0.2) is 9.97 Å². The molecule has 0 radical (unpaired) electrons. The third-order valence-electron chi connectivity index (χ3n) is 4.59. The quantitative estimate of drug-likeness (QED) is 0.420. The summed E-state index contributed by atoms with van der Waals surface area (Å²) in [5.41, 5.74) is 4.02. The smallest absolute Gasteiger partial charge is 0.116 e. The van der Waals surface area contributed by atoms with Gasteiger partial charge in [-0.3, -0.25) is 4.98 Å². The van der Waals surface area contributed by atoms with Crippen molar-refractivity contribution in [2.75, 3.05) is 0 Å². The van der Waals surface area contributed by atoms with Crippen LogP contribution in [0.3, 0.4) is 0 Å². The number of fused-ring (bicyclic) bond motifs is 3. The molecule has 26 heavy (non-hydrogen) atoms. The summed E-state index contributed by atoms with van der Waals surface area (Å²) in [6, 6.07) is 16.4. The Labute approximate surface area is 159 Å². The van der Waals surface area contributed by atoms with E-state index < -0.39 is 5.41 Å². The molecule has 0 aliphatic heterocycles. The first kappa shape index (κ1) is 16.6. The Morgan fingerprint density at radius 2 is 1.73 bits per heavy atom. The maximum absolute atomic E-state index is 9.34. The van der Waals surface area contributed by atoms with E-state index in [1.165, 1.54) is 0 Å². The molecular weight excluding hydrogens is 388 g/mol. The van der Waals surface area contributed by atoms with Crippen LogP contribution in [0.2, 0.25) is 0 Å². The van der Waals surface area contributed by atoms with Gasteiger partial charge in [0.2, 0.25) is 0 Å². The van der Waals surface area contributed by atoms with E-state index in [4.69, 9.17) is 0 Å². The van der Waals surface area contributed by atoms with Crippen molar-refractivity contribution >= 4 is 37.7 Å². The molecule has 0 saturated heterocycles. The molecule has 0 amide bonds. The van der Waals surface area contributed by atoms with E-state index in [0.717, 1.165) is 43.1 Å². The molecule has 0 N–H and O–H groups in total. The summed E-state index contributed by atoms with van der Waals surface area (Å²) in [5, 5.41) is 11.3. The highest BCUT2D eigenvalue weighted by molar-refractivity contribution is 9.10. The second-order valence-corrected chi connectivity index (χ2v) is 7.63. The Kier molecular flexibility index (Phi) is 3.93. The number of halogens is 1. The molecule has 5 heteroatoms. The molecule has 4 rings (SSSR count). The molecule has 0 unspecified atom stereocenters. The standard InChI is InChI=1S/C21H15BrN4/c1-21(2,11-23)14-5-3-13(4-6-14)20-19-16-9-15(22)7-8-17(16)24-10-18(19)25-12-26-20/h3-10,12H,1-2H3. The molecular formula is C21H15BrN4. The van der Waals surface area contributed by atoms with Crippen molar-refractivity contribution in [1.82, 2.24) is 15.0 Å². The molecule has 2 aromatic carbocycles. The van der Waals surface area contributed by atoms with Crippen molar-refractivity contribution < 1.29 is 0 Å². The van der Waals surface area contributed by atoms with Crippen molar-refractivity contribution in [3.05, 3.63) is 65.0 Å². The minimum Gasteiger partial charge on any atom is -0.254 e. The molecule has 126 valence electrons. The van der Waals surface area contributed by atoms with Crippen LogP contribution in [0.1, 0.15) is 19.4 Å². The molecule has 2 aromatic heterocycles. The highest BCUT2D eigenvalue weighted by atomic mass is 79.9. The lowest BCUT2D eigenvalue weighted by atomic mass is 9.86. The predicted octanol–water partition coefficient (Wildman–Crippen LogP) is 5.41. The van der Waals surface area contributed by atoms with Gasteiger partial charge in [0.05, 0.1) is 34.4 Å². The van der Waals surface area contributed by atoms with E-state index in [1.807, 2.05) is 56.3 Å². The fraction of sp³-hybridized carbons (Fsp3) is 0.143. The first-order valence-electron chi connectivity index (χ1n) is 8.21. The van der Waals surface area contributed by atoms with Gasteiger partial charge in [0.1, 0.15) is 6.33 Å². The Balaban J connectivity index is 1.97. The van der Waals surface area contributed by atoms with E-state index in [2.05, 4.69) is 37.0 Å². The summed E-state index contributed by atoms with van der Waals surface area (Å²) in [6.45, 7) is 3.83. The molecule has 4 aromatic rings. The first-order chi connectivity index (χ1) is 12.5. The van der Waals surface area contributed by atoms with Gasteiger partial charge < -0.3 is 0 Å². The van der Waals surface area contributed by atoms with Crippen molar-refractivity contribution in [3.8, 4) is 17.3 Å². The Morgan fingerprint density at radius 3 is 2.46 bits per heavy atom. The van der Waals surface area contributed by atoms with Crippen LogP contribution in [0.15, 0.2) is 59.5 Å². The molecule has 0 aliphatic rings. The van der Waals surface area contributed by atoms with Crippen LogP contribution in [0.5, 0.6) is 0 Å². The summed E-state index contributed by atoms with van der Waals surface area (Å²) in [6.07, 6.45) is 3.35. The summed E-state index contributed by atoms with van der Waals surface area (Å²) in [5.74, 6) is 0. The van der Waals surface area contributed by atoms with Crippen LogP contribution in [-0.4, -0.2) is 15.0 Å². The number of hydrogen-bond acceptors (Lipinski definition) is 4. The van der Waals surface area contributed by atoms with E-state index in [1.54, 1.807) is 12.5 Å². The maximum Gasteiger partial charge on any atom is 0.116 e. The minimum absolute atomic E-state index is 0.520. The molecule has 0 fully saturated rings. The third-order valence-corrected chi connectivity index (χ3v) is 5.08. The van der Waals surface area contributed by atoms with E-state index in [0.29, 0.717) is 0 Å². The lowest BCUT2D eigenvalue weighted by Crippen LogP contribution is -2.13. The Bertz CT molecular complexity index is 1170. The van der Waals surface area contributed by atoms with Gasteiger partial charge in [-0.2, -0.15) is 5.26 Å². The van der Waals surface area contributed by atoms with Gasteiger partial charge in [-0.1, -0.05) is 40.2 Å². The van der Waals surface area contributed by atoms with Gasteiger partial charge >= 0.3 is 0 Å². The number of aromatic nitrogens is 3. The second-order valence-electron chi connectivity index (χ2n) is 6.72. The van der Waals surface area contributed by atoms with Crippen LogP contribution in [-0.2, 0) is 5.41 Å². The normalized spacial score (nSPS) is 11.6. The van der Waals surface area contributed by atoms with Gasteiger partial charge in [-0.05, 0) is 37.6 Å². The van der Waals surface area contributed by atoms with Crippen LogP contribution in [0.25, 0.3) is 33.1 Å². The highest BCUT2D eigenvalue weighted by Gasteiger charge is 2.20. The minimum atomic E-state index is -0.520. The average Bonchev–Trinajstić information content (AvgIpc) is 2.67. The zero-order valence-corrected chi connectivity index (χ0v) is 15.9. The molecule has 0 atom stereocenters. The van der Waals surface area contributed by atoms with E-state index >= 15 is 0 Å². The molecule has 4 nitrogen and oxygen atoms in total. The monoisotopic (exact) mass is 402 g/mol. The fourth-order valence-corrected chi connectivity index (χ4v) is 3.40. The van der Waals surface area contributed by atoms with Crippen LogP contribution >= 0.6 is 15.9 Å².